The van der Waals surface area contributed by atoms with Crippen molar-refractivity contribution in [2.45, 2.75) is 38.1 Å². The van der Waals surface area contributed by atoms with Crippen molar-refractivity contribution in [3.05, 3.63) is 41.5 Å². The summed E-state index contributed by atoms with van der Waals surface area (Å²) in [5.74, 6) is 1.80. The molecule has 4 heterocycles. The maximum atomic E-state index is 12.3. The molecule has 2 aliphatic heterocycles. The fourth-order valence-electron chi connectivity index (χ4n) is 3.86. The van der Waals surface area contributed by atoms with Crippen LogP contribution < -0.4 is 5.32 Å². The van der Waals surface area contributed by atoms with E-state index in [1.807, 2.05) is 29.1 Å². The molecule has 2 aliphatic rings. The molecule has 1 fully saturated rings. The third-order valence-corrected chi connectivity index (χ3v) is 5.34. The van der Waals surface area contributed by atoms with Gasteiger partial charge in [-0.2, -0.15) is 5.10 Å². The predicted octanol–water partition coefficient (Wildman–Crippen LogP) is 3.27. The highest BCUT2D eigenvalue weighted by Crippen LogP contribution is 2.39. The Bertz CT molecular complexity index is 782. The summed E-state index contributed by atoms with van der Waals surface area (Å²) in [7, 11) is 2.15. The van der Waals surface area contributed by atoms with E-state index in [1.54, 1.807) is 6.26 Å². The molecule has 1 atom stereocenters. The molecule has 2 aromatic heterocycles. The van der Waals surface area contributed by atoms with Crippen LogP contribution in [0.4, 0.5) is 5.82 Å². The number of carbonyl (C=O) groups excluding carboxylic acids is 1. The van der Waals surface area contributed by atoms with Gasteiger partial charge in [-0.3, -0.25) is 4.79 Å². The van der Waals surface area contributed by atoms with Crippen molar-refractivity contribution in [3.63, 3.8) is 0 Å². The second-order valence-electron chi connectivity index (χ2n) is 7.14. The molecular formula is C19H24N4O2. The molecule has 1 saturated heterocycles. The van der Waals surface area contributed by atoms with Crippen LogP contribution in [0.15, 0.2) is 34.6 Å². The maximum Gasteiger partial charge on any atom is 0.226 e. The Kier molecular flexibility index (Phi) is 4.21. The number of allylic oxidation sites excluding steroid dienone is 1. The van der Waals surface area contributed by atoms with E-state index in [9.17, 15) is 4.79 Å². The van der Waals surface area contributed by atoms with Crippen LogP contribution in [0.2, 0.25) is 0 Å². The van der Waals surface area contributed by atoms with Gasteiger partial charge in [0.15, 0.2) is 0 Å². The zero-order valence-corrected chi connectivity index (χ0v) is 14.7. The number of furan rings is 1. The summed E-state index contributed by atoms with van der Waals surface area (Å²) in [6.45, 7) is 4.19. The van der Waals surface area contributed by atoms with Crippen molar-refractivity contribution >= 4 is 17.8 Å². The van der Waals surface area contributed by atoms with Gasteiger partial charge in [-0.25, -0.2) is 4.68 Å². The number of nitrogens with one attached hydrogen (secondary N) is 1. The highest BCUT2D eigenvalue weighted by atomic mass is 16.3. The minimum absolute atomic E-state index is 0.0499. The van der Waals surface area contributed by atoms with E-state index in [2.05, 4.69) is 29.3 Å². The zero-order chi connectivity index (χ0) is 17.4. The van der Waals surface area contributed by atoms with E-state index in [0.717, 1.165) is 48.6 Å². The highest BCUT2D eigenvalue weighted by molar-refractivity contribution is 5.94. The van der Waals surface area contributed by atoms with E-state index >= 15 is 0 Å². The lowest BCUT2D eigenvalue weighted by Gasteiger charge is -2.31. The third-order valence-electron chi connectivity index (χ3n) is 5.34. The lowest BCUT2D eigenvalue weighted by Crippen LogP contribution is -2.33. The van der Waals surface area contributed by atoms with Crippen LogP contribution in [0.3, 0.4) is 0 Å². The monoisotopic (exact) mass is 340 g/mol. The van der Waals surface area contributed by atoms with Crippen LogP contribution in [-0.4, -0.2) is 40.7 Å². The third kappa shape index (κ3) is 3.14. The molecule has 0 radical (unpaired) electrons. The molecule has 6 nitrogen and oxygen atoms in total. The van der Waals surface area contributed by atoms with Crippen molar-refractivity contribution in [1.82, 2.24) is 14.7 Å². The largest absolute Gasteiger partial charge is 0.465 e. The van der Waals surface area contributed by atoms with Gasteiger partial charge in [0.1, 0.15) is 11.6 Å². The number of aromatic nitrogens is 2. The average Bonchev–Trinajstić information content (AvgIpc) is 3.24. The number of nitrogens with zero attached hydrogens (tertiary/aromatic N) is 3. The molecule has 6 heteroatoms. The number of piperidine rings is 1. The number of hydrogen-bond donors (Lipinski definition) is 1. The molecule has 1 unspecified atom stereocenters. The Labute approximate surface area is 147 Å². The summed E-state index contributed by atoms with van der Waals surface area (Å²) < 4.78 is 7.45. The Balaban J connectivity index is 1.64. The van der Waals surface area contributed by atoms with Crippen molar-refractivity contribution in [1.29, 1.82) is 0 Å². The summed E-state index contributed by atoms with van der Waals surface area (Å²) in [6, 6.07) is 4.15. The van der Waals surface area contributed by atoms with Crippen molar-refractivity contribution < 1.29 is 9.21 Å². The van der Waals surface area contributed by atoms with Crippen LogP contribution in [0.1, 0.15) is 49.5 Å². The Morgan fingerprint density at radius 2 is 2.20 bits per heavy atom. The number of carbonyl (C=O) groups is 1. The van der Waals surface area contributed by atoms with E-state index in [0.29, 0.717) is 12.5 Å². The average molecular weight is 340 g/mol. The van der Waals surface area contributed by atoms with Crippen LogP contribution in [0.25, 0.3) is 6.08 Å². The molecule has 2 aromatic rings. The first-order valence-electron chi connectivity index (χ1n) is 8.89. The first-order valence-corrected chi connectivity index (χ1v) is 8.89. The summed E-state index contributed by atoms with van der Waals surface area (Å²) >= 11 is 0. The van der Waals surface area contributed by atoms with Gasteiger partial charge >= 0.3 is 0 Å². The zero-order valence-electron chi connectivity index (χ0n) is 14.7. The van der Waals surface area contributed by atoms with Crippen LogP contribution in [0, 0.1) is 0 Å². The summed E-state index contributed by atoms with van der Waals surface area (Å²) in [4.78, 5) is 14.7. The molecule has 1 N–H and O–H groups in total. The van der Waals surface area contributed by atoms with Crippen molar-refractivity contribution in [2.75, 3.05) is 25.5 Å². The Morgan fingerprint density at radius 1 is 1.40 bits per heavy atom. The molecule has 1 amide bonds. The number of fused-ring (bicyclic) bond motifs is 1. The van der Waals surface area contributed by atoms with Crippen LogP contribution in [0.5, 0.6) is 0 Å². The number of likely N-dealkylation sites (tertiary alicyclic amines) is 1. The fraction of sp³-hybridized carbons (Fsp3) is 0.474. The number of rotatable bonds is 3. The van der Waals surface area contributed by atoms with Gasteiger partial charge in [0, 0.05) is 17.9 Å². The molecule has 0 aliphatic carbocycles. The van der Waals surface area contributed by atoms with Crippen molar-refractivity contribution in [3.8, 4) is 0 Å². The maximum absolute atomic E-state index is 12.3. The van der Waals surface area contributed by atoms with Gasteiger partial charge in [-0.05, 0) is 58.1 Å². The van der Waals surface area contributed by atoms with Gasteiger partial charge < -0.3 is 14.6 Å². The molecular weight excluding hydrogens is 316 g/mol. The van der Waals surface area contributed by atoms with Crippen molar-refractivity contribution in [2.24, 2.45) is 0 Å². The van der Waals surface area contributed by atoms with E-state index < -0.39 is 0 Å². The lowest BCUT2D eigenvalue weighted by atomic mass is 9.87. The van der Waals surface area contributed by atoms with Gasteiger partial charge in [-0.15, -0.1) is 0 Å². The standard InChI is InChI=1S/C19H24N4O2/c1-13(10-15-4-3-9-25-15)16-11-18(24)21-19-17(16)12-20-23(19)14-5-7-22(2)8-6-14/h3-4,9-10,12,14,16H,5-8,11H2,1-2H3,(H,21,24)/b13-10+. The molecule has 4 rings (SSSR count). The Hall–Kier alpha value is -2.34. The molecule has 0 spiro atoms. The molecule has 0 aromatic carbocycles. The predicted molar refractivity (Wildman–Crippen MR) is 96.3 cm³/mol. The molecule has 0 saturated carbocycles. The Morgan fingerprint density at radius 3 is 2.92 bits per heavy atom. The first kappa shape index (κ1) is 16.1. The molecule has 25 heavy (non-hydrogen) atoms. The van der Waals surface area contributed by atoms with E-state index in [-0.39, 0.29) is 11.8 Å². The minimum atomic E-state index is 0.0499. The first-order chi connectivity index (χ1) is 12.1. The lowest BCUT2D eigenvalue weighted by molar-refractivity contribution is -0.116. The summed E-state index contributed by atoms with van der Waals surface area (Å²) in [5.41, 5.74) is 2.23. The molecule has 132 valence electrons. The molecule has 0 bridgehead atoms. The topological polar surface area (TPSA) is 63.3 Å². The van der Waals surface area contributed by atoms with Gasteiger partial charge in [-0.1, -0.05) is 5.57 Å². The number of anilines is 1. The normalized spacial score (nSPS) is 22.7. The number of amides is 1. The quantitative estimate of drug-likeness (QED) is 0.931. The minimum Gasteiger partial charge on any atom is -0.465 e. The highest BCUT2D eigenvalue weighted by Gasteiger charge is 2.32. The van der Waals surface area contributed by atoms with E-state index in [1.165, 1.54) is 0 Å². The SMILES string of the molecule is C/C(=C\c1ccco1)C1CC(=O)Nc2c1cnn2C1CCN(C)CC1. The summed E-state index contributed by atoms with van der Waals surface area (Å²) in [5, 5.41) is 7.70. The van der Waals surface area contributed by atoms with Crippen LogP contribution >= 0.6 is 0 Å². The second-order valence-corrected chi connectivity index (χ2v) is 7.14. The summed E-state index contributed by atoms with van der Waals surface area (Å²) in [6.07, 6.45) is 8.18. The fourth-order valence-corrected chi connectivity index (χ4v) is 3.86. The van der Waals surface area contributed by atoms with E-state index in [4.69, 9.17) is 4.42 Å². The smallest absolute Gasteiger partial charge is 0.226 e. The van der Waals surface area contributed by atoms with Gasteiger partial charge in [0.05, 0.1) is 18.5 Å². The number of hydrogen-bond acceptors (Lipinski definition) is 4. The van der Waals surface area contributed by atoms with Gasteiger partial charge in [0.25, 0.3) is 0 Å². The van der Waals surface area contributed by atoms with Gasteiger partial charge in [0.2, 0.25) is 5.91 Å². The second kappa shape index (κ2) is 6.52. The van der Waals surface area contributed by atoms with Crippen LogP contribution in [-0.2, 0) is 4.79 Å².